The highest BCUT2D eigenvalue weighted by molar-refractivity contribution is 5.78. The number of para-hydroxylation sites is 1. The monoisotopic (exact) mass is 380 g/mol. The topological polar surface area (TPSA) is 32.8 Å². The molecule has 3 aliphatic heterocycles. The van der Waals surface area contributed by atoms with E-state index in [0.717, 1.165) is 45.3 Å². The Balaban J connectivity index is 1.77. The molecule has 5 atom stereocenters. The van der Waals surface area contributed by atoms with E-state index in [9.17, 15) is 4.79 Å². The molecular weight excluding hydrogens is 348 g/mol. The van der Waals surface area contributed by atoms with Crippen molar-refractivity contribution in [3.8, 4) is 0 Å². The molecule has 0 unspecified atom stereocenters. The number of nitrogens with zero attached hydrogens (tertiary/aromatic N) is 2. The van der Waals surface area contributed by atoms with Crippen molar-refractivity contribution in [3.05, 3.63) is 42.0 Å². The van der Waals surface area contributed by atoms with E-state index >= 15 is 0 Å². The molecule has 150 valence electrons. The maximum atomic E-state index is 13.1. The van der Waals surface area contributed by atoms with E-state index in [1.165, 1.54) is 11.3 Å². The van der Waals surface area contributed by atoms with E-state index in [1.54, 1.807) is 7.11 Å². The zero-order chi connectivity index (χ0) is 19.5. The molecule has 0 N–H and O–H groups in total. The van der Waals surface area contributed by atoms with Crippen LogP contribution in [-0.2, 0) is 14.9 Å². The van der Waals surface area contributed by atoms with Crippen LogP contribution >= 0.6 is 0 Å². The van der Waals surface area contributed by atoms with Crippen molar-refractivity contribution in [1.82, 2.24) is 4.90 Å². The quantitative estimate of drug-likeness (QED) is 0.588. The Morgan fingerprint density at radius 1 is 1.29 bits per heavy atom. The Hall–Kier alpha value is -1.81. The summed E-state index contributed by atoms with van der Waals surface area (Å²) in [7, 11) is 1.56. The molecule has 5 rings (SSSR count). The fourth-order valence-electron chi connectivity index (χ4n) is 7.40. The van der Waals surface area contributed by atoms with E-state index in [2.05, 4.69) is 60.1 Å². The maximum absolute atomic E-state index is 13.1. The van der Waals surface area contributed by atoms with Crippen LogP contribution in [-0.4, -0.2) is 49.7 Å². The SMILES string of the molecule is CCCN1c2ccccc2[C@@]23CCN4CC=C[C@@](CC)(C[C@H](C(=O)OC)[C@H]12)[C@H]43. The highest BCUT2D eigenvalue weighted by Gasteiger charge is 2.70. The lowest BCUT2D eigenvalue weighted by Crippen LogP contribution is -2.67. The van der Waals surface area contributed by atoms with Crippen LogP contribution in [0.5, 0.6) is 0 Å². The first-order chi connectivity index (χ1) is 13.6. The Morgan fingerprint density at radius 2 is 2.11 bits per heavy atom. The van der Waals surface area contributed by atoms with Crippen molar-refractivity contribution in [2.24, 2.45) is 11.3 Å². The number of anilines is 1. The van der Waals surface area contributed by atoms with E-state index in [-0.39, 0.29) is 28.8 Å². The lowest BCUT2D eigenvalue weighted by molar-refractivity contribution is -0.151. The van der Waals surface area contributed by atoms with Gasteiger partial charge in [-0.2, -0.15) is 0 Å². The van der Waals surface area contributed by atoms with Crippen LogP contribution in [0.15, 0.2) is 36.4 Å². The van der Waals surface area contributed by atoms with Crippen LogP contribution in [0.4, 0.5) is 5.69 Å². The zero-order valence-corrected chi connectivity index (χ0v) is 17.4. The van der Waals surface area contributed by atoms with Crippen LogP contribution in [0.25, 0.3) is 0 Å². The van der Waals surface area contributed by atoms with Crippen molar-refractivity contribution < 1.29 is 9.53 Å². The maximum Gasteiger partial charge on any atom is 0.310 e. The lowest BCUT2D eigenvalue weighted by atomic mass is 9.50. The van der Waals surface area contributed by atoms with Gasteiger partial charge in [-0.15, -0.1) is 0 Å². The lowest BCUT2D eigenvalue weighted by Gasteiger charge is -2.58. The van der Waals surface area contributed by atoms with Crippen LogP contribution < -0.4 is 4.90 Å². The van der Waals surface area contributed by atoms with Gasteiger partial charge in [0.1, 0.15) is 0 Å². The predicted octanol–water partition coefficient (Wildman–Crippen LogP) is 3.76. The second-order valence-electron chi connectivity index (χ2n) is 9.17. The molecule has 1 aromatic carbocycles. The number of hydrogen-bond donors (Lipinski definition) is 0. The number of hydrogen-bond acceptors (Lipinski definition) is 4. The number of rotatable bonds is 4. The average Bonchev–Trinajstić information content (AvgIpc) is 3.26. The number of fused-ring (bicyclic) bond motifs is 1. The van der Waals surface area contributed by atoms with Gasteiger partial charge in [0.25, 0.3) is 0 Å². The fourth-order valence-corrected chi connectivity index (χ4v) is 7.40. The first-order valence-corrected chi connectivity index (χ1v) is 11.0. The summed E-state index contributed by atoms with van der Waals surface area (Å²) in [5, 5.41) is 0. The van der Waals surface area contributed by atoms with Crippen molar-refractivity contribution in [2.75, 3.05) is 31.6 Å². The normalized spacial score (nSPS) is 38.1. The number of benzene rings is 1. The number of esters is 1. The Bertz CT molecular complexity index is 821. The summed E-state index contributed by atoms with van der Waals surface area (Å²) in [6.07, 6.45) is 8.99. The third kappa shape index (κ3) is 2.07. The fraction of sp³-hybridized carbons (Fsp3) is 0.625. The van der Waals surface area contributed by atoms with Crippen LogP contribution in [0.2, 0.25) is 0 Å². The van der Waals surface area contributed by atoms with E-state index < -0.39 is 0 Å². The number of carbonyl (C=O) groups excluding carboxylic acids is 1. The zero-order valence-electron chi connectivity index (χ0n) is 17.4. The molecule has 0 amide bonds. The van der Waals surface area contributed by atoms with Gasteiger partial charge < -0.3 is 9.64 Å². The highest BCUT2D eigenvalue weighted by atomic mass is 16.5. The first kappa shape index (κ1) is 18.2. The Kier molecular flexibility index (Phi) is 4.13. The summed E-state index contributed by atoms with van der Waals surface area (Å²) in [5.41, 5.74) is 2.90. The van der Waals surface area contributed by atoms with Crippen molar-refractivity contribution in [2.45, 2.75) is 57.0 Å². The van der Waals surface area contributed by atoms with Gasteiger partial charge in [0.15, 0.2) is 0 Å². The van der Waals surface area contributed by atoms with Crippen LogP contribution in [0, 0.1) is 11.3 Å². The van der Waals surface area contributed by atoms with Gasteiger partial charge in [0.05, 0.1) is 19.1 Å². The van der Waals surface area contributed by atoms with Gasteiger partial charge in [-0.3, -0.25) is 9.69 Å². The third-order valence-corrected chi connectivity index (χ3v) is 8.19. The van der Waals surface area contributed by atoms with E-state index in [1.807, 2.05) is 0 Å². The molecule has 1 spiro atoms. The molecule has 4 heteroatoms. The standard InChI is InChI=1S/C24H32N2O2/c1-4-13-26-19-10-7-6-9-18(19)24-12-15-25-14-8-11-23(5-2,22(24)25)16-17(20(24)26)21(27)28-3/h6-11,17,20,22H,4-5,12-16H2,1-3H3/t17-,20-,22-,23-,24-/m0/s1. The molecule has 28 heavy (non-hydrogen) atoms. The van der Waals surface area contributed by atoms with Gasteiger partial charge >= 0.3 is 5.97 Å². The Labute approximate surface area is 168 Å². The molecule has 3 heterocycles. The molecule has 1 aliphatic carbocycles. The van der Waals surface area contributed by atoms with Gasteiger partial charge in [-0.25, -0.2) is 0 Å². The number of carbonyl (C=O) groups is 1. The first-order valence-electron chi connectivity index (χ1n) is 11.0. The molecule has 1 aromatic rings. The summed E-state index contributed by atoms with van der Waals surface area (Å²) >= 11 is 0. The molecule has 0 bridgehead atoms. The van der Waals surface area contributed by atoms with Gasteiger partial charge in [-0.1, -0.05) is 44.2 Å². The highest BCUT2D eigenvalue weighted by Crippen LogP contribution is 2.65. The summed E-state index contributed by atoms with van der Waals surface area (Å²) < 4.78 is 5.39. The second-order valence-corrected chi connectivity index (χ2v) is 9.17. The Morgan fingerprint density at radius 3 is 2.86 bits per heavy atom. The molecular formula is C24H32N2O2. The van der Waals surface area contributed by atoms with Crippen molar-refractivity contribution >= 4 is 11.7 Å². The van der Waals surface area contributed by atoms with Crippen LogP contribution in [0.1, 0.15) is 45.1 Å². The summed E-state index contributed by atoms with van der Waals surface area (Å²) in [5.74, 6) is -0.107. The average molecular weight is 381 g/mol. The summed E-state index contributed by atoms with van der Waals surface area (Å²) in [6, 6.07) is 9.66. The van der Waals surface area contributed by atoms with Crippen molar-refractivity contribution in [1.29, 1.82) is 0 Å². The molecule has 1 saturated carbocycles. The molecule has 4 aliphatic rings. The molecule has 0 aromatic heterocycles. The molecule has 0 radical (unpaired) electrons. The summed E-state index contributed by atoms with van der Waals surface area (Å²) in [4.78, 5) is 18.4. The largest absolute Gasteiger partial charge is 0.469 e. The van der Waals surface area contributed by atoms with Crippen molar-refractivity contribution in [3.63, 3.8) is 0 Å². The smallest absolute Gasteiger partial charge is 0.310 e. The van der Waals surface area contributed by atoms with E-state index in [0.29, 0.717) is 6.04 Å². The molecule has 1 saturated heterocycles. The van der Waals surface area contributed by atoms with Crippen LogP contribution in [0.3, 0.4) is 0 Å². The second kappa shape index (κ2) is 6.35. The molecule has 2 fully saturated rings. The number of ether oxygens (including phenoxy) is 1. The predicted molar refractivity (Wildman–Crippen MR) is 112 cm³/mol. The number of methoxy groups -OCH3 is 1. The summed E-state index contributed by atoms with van der Waals surface area (Å²) in [6.45, 7) is 7.71. The molecule has 4 nitrogen and oxygen atoms in total. The van der Waals surface area contributed by atoms with Gasteiger partial charge in [-0.05, 0) is 43.9 Å². The minimum Gasteiger partial charge on any atom is -0.469 e. The van der Waals surface area contributed by atoms with E-state index in [4.69, 9.17) is 4.74 Å². The minimum atomic E-state index is -0.0807. The minimum absolute atomic E-state index is 0.0175. The third-order valence-electron chi connectivity index (χ3n) is 8.19. The van der Waals surface area contributed by atoms with Gasteiger partial charge in [0.2, 0.25) is 0 Å². The van der Waals surface area contributed by atoms with Gasteiger partial charge in [0, 0.05) is 35.6 Å².